The second kappa shape index (κ2) is 9.34. The van der Waals surface area contributed by atoms with Crippen LogP contribution in [0.3, 0.4) is 0 Å². The fourth-order valence-corrected chi connectivity index (χ4v) is 5.81. The summed E-state index contributed by atoms with van der Waals surface area (Å²) in [4.78, 5) is 13.1. The number of benzene rings is 2. The molecule has 7 nitrogen and oxygen atoms in total. The highest BCUT2D eigenvalue weighted by molar-refractivity contribution is 7.89. The van der Waals surface area contributed by atoms with Gasteiger partial charge in [0.05, 0.1) is 17.7 Å². The first kappa shape index (κ1) is 22.4. The molecule has 2 heterocycles. The van der Waals surface area contributed by atoms with Crippen LogP contribution in [0, 0.1) is 6.92 Å². The number of nitrogens with zero attached hydrogens (tertiary/aromatic N) is 2. The fourth-order valence-electron chi connectivity index (χ4n) is 4.27. The lowest BCUT2D eigenvalue weighted by atomic mass is 10.2. The van der Waals surface area contributed by atoms with Gasteiger partial charge in [0, 0.05) is 24.3 Å². The van der Waals surface area contributed by atoms with Crippen molar-refractivity contribution in [1.29, 1.82) is 0 Å². The molecule has 32 heavy (non-hydrogen) atoms. The Kier molecular flexibility index (Phi) is 6.53. The Labute approximate surface area is 189 Å². The van der Waals surface area contributed by atoms with Gasteiger partial charge in [-0.1, -0.05) is 31.0 Å². The molecule has 8 heteroatoms. The maximum Gasteiger partial charge on any atom is 0.244 e. The van der Waals surface area contributed by atoms with E-state index in [2.05, 4.69) is 5.32 Å². The summed E-state index contributed by atoms with van der Waals surface area (Å²) in [5, 5.41) is 3.92. The first-order valence-corrected chi connectivity index (χ1v) is 12.4. The van der Waals surface area contributed by atoms with Gasteiger partial charge in [-0.15, -0.1) is 0 Å². The fraction of sp³-hybridized carbons (Fsp3) is 0.375. The lowest BCUT2D eigenvalue weighted by molar-refractivity contribution is -0.116. The largest absolute Gasteiger partial charge is 0.495 e. The third-order valence-corrected chi connectivity index (χ3v) is 7.86. The number of sulfonamides is 1. The Balaban J connectivity index is 1.58. The molecule has 1 fully saturated rings. The summed E-state index contributed by atoms with van der Waals surface area (Å²) >= 11 is 0. The lowest BCUT2D eigenvalue weighted by Crippen LogP contribution is -2.32. The van der Waals surface area contributed by atoms with Crippen LogP contribution in [-0.2, 0) is 21.4 Å². The molecule has 1 aliphatic rings. The summed E-state index contributed by atoms with van der Waals surface area (Å²) < 4.78 is 35.2. The van der Waals surface area contributed by atoms with Crippen molar-refractivity contribution in [3.8, 4) is 5.75 Å². The van der Waals surface area contributed by atoms with Gasteiger partial charge in [-0.2, -0.15) is 4.31 Å². The number of fused-ring (bicyclic) bond motifs is 1. The smallest absolute Gasteiger partial charge is 0.244 e. The third-order valence-electron chi connectivity index (χ3n) is 5.97. The van der Waals surface area contributed by atoms with Crippen molar-refractivity contribution in [2.45, 2.75) is 44.0 Å². The molecule has 0 spiro atoms. The highest BCUT2D eigenvalue weighted by atomic mass is 32.2. The zero-order valence-electron chi connectivity index (χ0n) is 18.5. The predicted octanol–water partition coefficient (Wildman–Crippen LogP) is 4.16. The lowest BCUT2D eigenvalue weighted by Gasteiger charge is -2.21. The number of methoxy groups -OCH3 is 1. The van der Waals surface area contributed by atoms with Crippen molar-refractivity contribution in [2.75, 3.05) is 25.5 Å². The maximum atomic E-state index is 13.2. The number of rotatable bonds is 6. The van der Waals surface area contributed by atoms with Gasteiger partial charge in [0.25, 0.3) is 0 Å². The number of hydrogen-bond donors (Lipinski definition) is 1. The number of amides is 1. The minimum atomic E-state index is -3.63. The Hall–Kier alpha value is -2.84. The molecule has 0 saturated carbocycles. The van der Waals surface area contributed by atoms with Gasteiger partial charge >= 0.3 is 0 Å². The summed E-state index contributed by atoms with van der Waals surface area (Å²) in [7, 11) is -2.14. The summed E-state index contributed by atoms with van der Waals surface area (Å²) in [6.07, 6.45) is 3.82. The van der Waals surface area contributed by atoms with Crippen molar-refractivity contribution in [3.05, 3.63) is 54.2 Å². The Morgan fingerprint density at radius 3 is 2.47 bits per heavy atom. The van der Waals surface area contributed by atoms with Crippen LogP contribution in [0.25, 0.3) is 10.9 Å². The van der Waals surface area contributed by atoms with E-state index >= 15 is 0 Å². The molecule has 1 amide bonds. The molecule has 4 rings (SSSR count). The van der Waals surface area contributed by atoms with Crippen LogP contribution < -0.4 is 10.1 Å². The molecule has 0 radical (unpaired) electrons. The number of nitrogens with one attached hydrogen (secondary N) is 1. The standard InChI is InChI=1S/C24H29N3O4S/c1-18-15-19-9-5-6-10-22(19)27(18)17-24(28)25-21-16-20(11-12-23(21)31-2)32(29,30)26-13-7-3-4-8-14-26/h5-6,9-12,15-16H,3-4,7-8,13-14,17H2,1-2H3,(H,25,28). The van der Waals surface area contributed by atoms with Gasteiger partial charge in [0.2, 0.25) is 15.9 Å². The molecule has 1 saturated heterocycles. The summed E-state index contributed by atoms with van der Waals surface area (Å²) in [5.74, 6) is 0.166. The Morgan fingerprint density at radius 2 is 1.75 bits per heavy atom. The van der Waals surface area contributed by atoms with Gasteiger partial charge in [0.1, 0.15) is 12.3 Å². The molecule has 1 N–H and O–H groups in total. The molecule has 170 valence electrons. The summed E-state index contributed by atoms with van der Waals surface area (Å²) in [6.45, 7) is 3.12. The Bertz CT molecular complexity index is 1230. The van der Waals surface area contributed by atoms with Crippen LogP contribution in [0.15, 0.2) is 53.4 Å². The average Bonchev–Trinajstić information content (AvgIpc) is 2.95. The Morgan fingerprint density at radius 1 is 1.03 bits per heavy atom. The average molecular weight is 456 g/mol. The minimum Gasteiger partial charge on any atom is -0.495 e. The van der Waals surface area contributed by atoms with E-state index in [1.165, 1.54) is 19.2 Å². The molecule has 3 aromatic rings. The van der Waals surface area contributed by atoms with Crippen LogP contribution in [0.1, 0.15) is 31.4 Å². The number of aryl methyl sites for hydroxylation is 1. The zero-order valence-corrected chi connectivity index (χ0v) is 19.3. The van der Waals surface area contributed by atoms with Gasteiger partial charge in [-0.05, 0) is 55.5 Å². The number of para-hydroxylation sites is 1. The van der Waals surface area contributed by atoms with Crippen LogP contribution in [-0.4, -0.2) is 43.4 Å². The third kappa shape index (κ3) is 4.52. The molecule has 0 atom stereocenters. The van der Waals surface area contributed by atoms with E-state index in [0.717, 1.165) is 42.3 Å². The van der Waals surface area contributed by atoms with E-state index in [1.54, 1.807) is 10.4 Å². The van der Waals surface area contributed by atoms with Crippen molar-refractivity contribution in [1.82, 2.24) is 8.87 Å². The number of ether oxygens (including phenoxy) is 1. The van der Waals surface area contributed by atoms with E-state index in [1.807, 2.05) is 41.8 Å². The van der Waals surface area contributed by atoms with Crippen molar-refractivity contribution in [2.24, 2.45) is 0 Å². The zero-order chi connectivity index (χ0) is 22.7. The van der Waals surface area contributed by atoms with Crippen LogP contribution in [0.5, 0.6) is 5.75 Å². The van der Waals surface area contributed by atoms with Gasteiger partial charge in [-0.3, -0.25) is 4.79 Å². The quantitative estimate of drug-likeness (QED) is 0.605. The highest BCUT2D eigenvalue weighted by Crippen LogP contribution is 2.30. The first-order valence-electron chi connectivity index (χ1n) is 10.9. The first-order chi connectivity index (χ1) is 15.4. The number of carbonyl (C=O) groups is 1. The number of aromatic nitrogens is 1. The monoisotopic (exact) mass is 455 g/mol. The van der Waals surface area contributed by atoms with Crippen molar-refractivity contribution < 1.29 is 17.9 Å². The number of anilines is 1. The van der Waals surface area contributed by atoms with E-state index in [-0.39, 0.29) is 17.3 Å². The minimum absolute atomic E-state index is 0.117. The molecule has 1 aliphatic heterocycles. The highest BCUT2D eigenvalue weighted by Gasteiger charge is 2.26. The molecule has 0 unspecified atom stereocenters. The number of carbonyl (C=O) groups excluding carboxylic acids is 1. The van der Waals surface area contributed by atoms with Crippen LogP contribution in [0.4, 0.5) is 5.69 Å². The van der Waals surface area contributed by atoms with Gasteiger partial charge in [0.15, 0.2) is 0 Å². The molecule has 0 aliphatic carbocycles. The van der Waals surface area contributed by atoms with E-state index in [0.29, 0.717) is 24.5 Å². The van der Waals surface area contributed by atoms with Crippen molar-refractivity contribution in [3.63, 3.8) is 0 Å². The molecule has 0 bridgehead atoms. The maximum absolute atomic E-state index is 13.2. The van der Waals surface area contributed by atoms with Crippen molar-refractivity contribution >= 4 is 32.5 Å². The van der Waals surface area contributed by atoms with E-state index < -0.39 is 10.0 Å². The normalized spacial score (nSPS) is 15.4. The second-order valence-corrected chi connectivity index (χ2v) is 10.1. The van der Waals surface area contributed by atoms with Gasteiger partial charge < -0.3 is 14.6 Å². The summed E-state index contributed by atoms with van der Waals surface area (Å²) in [6, 6.07) is 14.6. The van der Waals surface area contributed by atoms with E-state index in [4.69, 9.17) is 4.74 Å². The van der Waals surface area contributed by atoms with Crippen LogP contribution in [0.2, 0.25) is 0 Å². The summed E-state index contributed by atoms with van der Waals surface area (Å²) in [5.41, 5.74) is 2.30. The number of hydrogen-bond acceptors (Lipinski definition) is 4. The molecular weight excluding hydrogens is 426 g/mol. The van der Waals surface area contributed by atoms with Crippen LogP contribution >= 0.6 is 0 Å². The molecule has 2 aromatic carbocycles. The topological polar surface area (TPSA) is 80.6 Å². The second-order valence-electron chi connectivity index (χ2n) is 8.16. The molecule has 1 aromatic heterocycles. The predicted molar refractivity (Wildman–Crippen MR) is 126 cm³/mol. The molecular formula is C24H29N3O4S. The van der Waals surface area contributed by atoms with E-state index in [9.17, 15) is 13.2 Å². The van der Waals surface area contributed by atoms with Gasteiger partial charge in [-0.25, -0.2) is 8.42 Å². The SMILES string of the molecule is COc1ccc(S(=O)(=O)N2CCCCCC2)cc1NC(=O)Cn1c(C)cc2ccccc21.